The van der Waals surface area contributed by atoms with Crippen LogP contribution in [-0.4, -0.2) is 21.6 Å². The monoisotopic (exact) mass is 450 g/mol. The third-order valence-electron chi connectivity index (χ3n) is 6.13. The first-order valence-corrected chi connectivity index (χ1v) is 11.7. The highest BCUT2D eigenvalue weighted by atomic mass is 16.3. The molecule has 1 fully saturated rings. The lowest BCUT2D eigenvalue weighted by Crippen LogP contribution is -2.42. The second-order valence-electron chi connectivity index (χ2n) is 8.76. The van der Waals surface area contributed by atoms with Gasteiger partial charge in [-0.1, -0.05) is 44.9 Å². The van der Waals surface area contributed by atoms with E-state index in [1.165, 1.54) is 4.68 Å². The van der Waals surface area contributed by atoms with Gasteiger partial charge in [0.1, 0.15) is 11.5 Å². The number of aromatic nitrogens is 2. The molecule has 2 aromatic heterocycles. The van der Waals surface area contributed by atoms with Gasteiger partial charge >= 0.3 is 0 Å². The number of rotatable bonds is 9. The van der Waals surface area contributed by atoms with Gasteiger partial charge in [0.2, 0.25) is 5.91 Å². The van der Waals surface area contributed by atoms with Gasteiger partial charge in [-0.15, -0.1) is 0 Å². The van der Waals surface area contributed by atoms with Crippen molar-refractivity contribution in [2.45, 2.75) is 64.8 Å². The van der Waals surface area contributed by atoms with Gasteiger partial charge in [-0.2, -0.15) is 5.10 Å². The summed E-state index contributed by atoms with van der Waals surface area (Å²) in [6, 6.07) is 10.8. The van der Waals surface area contributed by atoms with E-state index in [2.05, 4.69) is 29.8 Å². The van der Waals surface area contributed by atoms with Crippen LogP contribution in [0.2, 0.25) is 0 Å². The number of fused-ring (bicyclic) bond motifs is 1. The van der Waals surface area contributed by atoms with E-state index < -0.39 is 5.91 Å². The third-order valence-corrected chi connectivity index (χ3v) is 6.13. The van der Waals surface area contributed by atoms with Crippen LogP contribution >= 0.6 is 0 Å². The Hall–Kier alpha value is -3.42. The molecule has 8 nitrogen and oxygen atoms in total. The highest BCUT2D eigenvalue weighted by molar-refractivity contribution is 6.05. The molecule has 2 N–H and O–H groups in total. The molecule has 1 aliphatic carbocycles. The lowest BCUT2D eigenvalue weighted by atomic mass is 10.1. The van der Waals surface area contributed by atoms with Gasteiger partial charge in [0.15, 0.2) is 5.69 Å². The third kappa shape index (κ3) is 5.32. The number of carbonyl (C=O) groups is 2. The fraction of sp³-hybridized carbons (Fsp3) is 0.440. The lowest BCUT2D eigenvalue weighted by molar-refractivity contribution is -0.121. The van der Waals surface area contributed by atoms with Crippen molar-refractivity contribution in [3.05, 3.63) is 64.0 Å². The summed E-state index contributed by atoms with van der Waals surface area (Å²) >= 11 is 0. The van der Waals surface area contributed by atoms with Crippen LogP contribution in [-0.2, 0) is 17.8 Å². The zero-order chi connectivity index (χ0) is 23.4. The van der Waals surface area contributed by atoms with Crippen LogP contribution in [0, 0.1) is 5.92 Å². The molecule has 8 heteroatoms. The maximum Gasteiger partial charge on any atom is 0.290 e. The predicted octanol–water partition coefficient (Wildman–Crippen LogP) is 3.70. The van der Waals surface area contributed by atoms with Crippen molar-refractivity contribution in [1.29, 1.82) is 0 Å². The van der Waals surface area contributed by atoms with E-state index in [1.807, 2.05) is 12.1 Å². The zero-order valence-electron chi connectivity index (χ0n) is 19.1. The fourth-order valence-electron chi connectivity index (χ4n) is 4.00. The first-order valence-electron chi connectivity index (χ1n) is 11.7. The number of benzene rings is 1. The Morgan fingerprint density at radius 1 is 1.12 bits per heavy atom. The Morgan fingerprint density at radius 3 is 2.61 bits per heavy atom. The van der Waals surface area contributed by atoms with E-state index in [0.29, 0.717) is 35.6 Å². The van der Waals surface area contributed by atoms with Crippen molar-refractivity contribution in [3.63, 3.8) is 0 Å². The number of hydrogen-bond donors (Lipinski definition) is 2. The molecule has 2 unspecified atom stereocenters. The molecule has 2 heterocycles. The number of unbranched alkanes of at least 4 members (excludes halogenated alkanes) is 2. The predicted molar refractivity (Wildman–Crippen MR) is 125 cm³/mol. The van der Waals surface area contributed by atoms with Crippen molar-refractivity contribution in [1.82, 2.24) is 20.6 Å². The van der Waals surface area contributed by atoms with Crippen molar-refractivity contribution in [2.75, 3.05) is 0 Å². The van der Waals surface area contributed by atoms with Crippen molar-refractivity contribution >= 4 is 22.6 Å². The second kappa shape index (κ2) is 10.0. The Balaban J connectivity index is 1.38. The molecule has 174 valence electrons. The van der Waals surface area contributed by atoms with Gasteiger partial charge in [-0.05, 0) is 37.0 Å². The Kier molecular flexibility index (Phi) is 6.91. The lowest BCUT2D eigenvalue weighted by Gasteiger charge is -2.12. The minimum atomic E-state index is -0.563. The number of nitrogens with zero attached hydrogens (tertiary/aromatic N) is 2. The largest absolute Gasteiger partial charge is 0.466 e. The molecule has 2 atom stereocenters. The van der Waals surface area contributed by atoms with E-state index in [4.69, 9.17) is 4.42 Å². The molecular formula is C25H30N4O4. The molecule has 1 aliphatic rings. The molecule has 0 bridgehead atoms. The van der Waals surface area contributed by atoms with Gasteiger partial charge in [0.05, 0.1) is 5.39 Å². The van der Waals surface area contributed by atoms with Crippen molar-refractivity contribution in [3.8, 4) is 0 Å². The van der Waals surface area contributed by atoms with Gasteiger partial charge in [0, 0.05) is 30.7 Å². The maximum absolute atomic E-state index is 12.8. The normalized spacial score (nSPS) is 17.2. The van der Waals surface area contributed by atoms with E-state index in [1.54, 1.807) is 24.3 Å². The molecule has 3 aromatic rings. The molecule has 1 aromatic carbocycles. The van der Waals surface area contributed by atoms with Crippen LogP contribution < -0.4 is 16.4 Å². The highest BCUT2D eigenvalue weighted by Crippen LogP contribution is 2.47. The molecule has 0 aliphatic heterocycles. The average Bonchev–Trinajstić information content (AvgIpc) is 3.36. The summed E-state index contributed by atoms with van der Waals surface area (Å²) in [6.45, 7) is 4.71. The number of aryl methyl sites for hydroxylation is 2. The van der Waals surface area contributed by atoms with Gasteiger partial charge in [-0.3, -0.25) is 25.2 Å². The molecule has 2 amide bonds. The summed E-state index contributed by atoms with van der Waals surface area (Å²) in [5, 5.41) is 5.19. The SMILES string of the molecule is CCCCCn1nc(C(=O)NNC(=O)CCc2ccc(C3CC3C)o2)c2ccccc2c1=O. The molecule has 1 saturated carbocycles. The van der Waals surface area contributed by atoms with Crippen LogP contribution in [0.5, 0.6) is 0 Å². The van der Waals surface area contributed by atoms with E-state index in [-0.39, 0.29) is 23.6 Å². The second-order valence-corrected chi connectivity index (χ2v) is 8.76. The summed E-state index contributed by atoms with van der Waals surface area (Å²) < 4.78 is 7.16. The van der Waals surface area contributed by atoms with Crippen LogP contribution in [0.3, 0.4) is 0 Å². The Morgan fingerprint density at radius 2 is 1.88 bits per heavy atom. The van der Waals surface area contributed by atoms with Crippen LogP contribution in [0.1, 0.15) is 73.9 Å². The standard InChI is InChI=1S/C25H30N4O4/c1-3-4-7-14-29-25(32)19-9-6-5-8-18(19)23(28-29)24(31)27-26-22(30)13-11-17-10-12-21(33-17)20-15-16(20)2/h5-6,8-10,12,16,20H,3-4,7,11,13-15H2,1-2H3,(H,26,30)(H,27,31). The van der Waals surface area contributed by atoms with Gasteiger partial charge < -0.3 is 4.42 Å². The van der Waals surface area contributed by atoms with Crippen molar-refractivity contribution < 1.29 is 14.0 Å². The quantitative estimate of drug-likeness (QED) is 0.382. The van der Waals surface area contributed by atoms with Gasteiger partial charge in [0.25, 0.3) is 11.5 Å². The van der Waals surface area contributed by atoms with Crippen molar-refractivity contribution in [2.24, 2.45) is 5.92 Å². The summed E-state index contributed by atoms with van der Waals surface area (Å²) in [6.07, 6.45) is 4.56. The number of hydrogen-bond acceptors (Lipinski definition) is 5. The topological polar surface area (TPSA) is 106 Å². The Labute approximate surface area is 192 Å². The maximum atomic E-state index is 12.8. The molecule has 0 radical (unpaired) electrons. The highest BCUT2D eigenvalue weighted by Gasteiger charge is 2.36. The molecule has 0 spiro atoms. The summed E-state index contributed by atoms with van der Waals surface area (Å²) in [5.41, 5.74) is 4.76. The van der Waals surface area contributed by atoms with Crippen LogP contribution in [0.25, 0.3) is 10.8 Å². The first kappa shape index (κ1) is 22.8. The molecular weight excluding hydrogens is 420 g/mol. The van der Waals surface area contributed by atoms with E-state index >= 15 is 0 Å². The number of amides is 2. The number of hydrazine groups is 1. The summed E-state index contributed by atoms with van der Waals surface area (Å²) in [7, 11) is 0. The molecule has 0 saturated heterocycles. The molecule has 4 rings (SSSR count). The fourth-order valence-corrected chi connectivity index (χ4v) is 4.00. The first-order chi connectivity index (χ1) is 16.0. The van der Waals surface area contributed by atoms with E-state index in [0.717, 1.165) is 37.2 Å². The zero-order valence-corrected chi connectivity index (χ0v) is 19.1. The van der Waals surface area contributed by atoms with E-state index in [9.17, 15) is 14.4 Å². The number of carbonyl (C=O) groups excluding carboxylic acids is 2. The average molecular weight is 451 g/mol. The van der Waals surface area contributed by atoms with Crippen LogP contribution in [0.15, 0.2) is 45.6 Å². The summed E-state index contributed by atoms with van der Waals surface area (Å²) in [4.78, 5) is 37.8. The van der Waals surface area contributed by atoms with Crippen LogP contribution in [0.4, 0.5) is 0 Å². The minimum absolute atomic E-state index is 0.108. The summed E-state index contributed by atoms with van der Waals surface area (Å²) in [5.74, 6) is 2.01. The number of nitrogens with one attached hydrogen (secondary N) is 2. The number of furan rings is 1. The smallest absolute Gasteiger partial charge is 0.290 e. The minimum Gasteiger partial charge on any atom is -0.466 e. The van der Waals surface area contributed by atoms with Gasteiger partial charge in [-0.25, -0.2) is 4.68 Å². The molecule has 33 heavy (non-hydrogen) atoms. The Bertz CT molecular complexity index is 1210.